The Morgan fingerprint density at radius 3 is 2.73 bits per heavy atom. The van der Waals surface area contributed by atoms with Crippen molar-refractivity contribution in [2.75, 3.05) is 13.6 Å². The van der Waals surface area contributed by atoms with E-state index in [2.05, 4.69) is 35.2 Å². The van der Waals surface area contributed by atoms with E-state index in [1.54, 1.807) is 0 Å². The molecule has 0 amide bonds. The molecule has 1 fully saturated rings. The molecule has 1 aromatic carbocycles. The molecular weight excluding hydrogens is 184 g/mol. The van der Waals surface area contributed by atoms with Crippen LogP contribution in [0.15, 0.2) is 30.3 Å². The zero-order valence-electron chi connectivity index (χ0n) is 9.06. The summed E-state index contributed by atoms with van der Waals surface area (Å²) in [4.78, 5) is 2.17. The number of nitrogens with zero attached hydrogens (tertiary/aromatic N) is 2. The highest BCUT2D eigenvalue weighted by molar-refractivity contribution is 5.24. The fourth-order valence-electron chi connectivity index (χ4n) is 2.40. The van der Waals surface area contributed by atoms with Gasteiger partial charge in [-0.1, -0.05) is 30.3 Å². The van der Waals surface area contributed by atoms with Crippen molar-refractivity contribution in [2.45, 2.75) is 24.8 Å². The highest BCUT2D eigenvalue weighted by atomic mass is 15.1. The summed E-state index contributed by atoms with van der Waals surface area (Å²) < 4.78 is 0. The monoisotopic (exact) mass is 200 g/mol. The number of hydrogen-bond donors (Lipinski definition) is 0. The molecule has 0 radical (unpaired) electrons. The second-order valence-electron chi connectivity index (χ2n) is 4.21. The van der Waals surface area contributed by atoms with Crippen molar-refractivity contribution in [3.8, 4) is 6.07 Å². The van der Waals surface area contributed by atoms with Gasteiger partial charge in [-0.2, -0.15) is 5.26 Å². The van der Waals surface area contributed by atoms with Gasteiger partial charge in [0.1, 0.15) is 6.04 Å². The van der Waals surface area contributed by atoms with E-state index < -0.39 is 0 Å². The molecule has 0 N–H and O–H groups in total. The van der Waals surface area contributed by atoms with E-state index >= 15 is 0 Å². The van der Waals surface area contributed by atoms with Gasteiger partial charge in [-0.15, -0.1) is 0 Å². The maximum atomic E-state index is 9.20. The highest BCUT2D eigenvalue weighted by Crippen LogP contribution is 2.31. The number of benzene rings is 1. The van der Waals surface area contributed by atoms with Crippen LogP contribution >= 0.6 is 0 Å². The summed E-state index contributed by atoms with van der Waals surface area (Å²) in [6, 6.07) is 12.9. The Hall–Kier alpha value is -1.33. The standard InChI is InChI=1S/C13H16N2/c1-15-9-5-8-12(13(15)10-14)11-6-3-2-4-7-11/h2-4,6-7,12-13H,5,8-9H2,1H3/t12-,13+/m1/s1. The molecule has 1 aliphatic rings. The van der Waals surface area contributed by atoms with Crippen LogP contribution < -0.4 is 0 Å². The molecule has 0 aliphatic carbocycles. The quantitative estimate of drug-likeness (QED) is 0.696. The van der Waals surface area contributed by atoms with Crippen LogP contribution in [0.5, 0.6) is 0 Å². The van der Waals surface area contributed by atoms with E-state index in [-0.39, 0.29) is 6.04 Å². The molecule has 78 valence electrons. The molecule has 0 saturated carbocycles. The summed E-state index contributed by atoms with van der Waals surface area (Å²) in [5.41, 5.74) is 1.30. The van der Waals surface area contributed by atoms with Crippen LogP contribution in [0, 0.1) is 11.3 Å². The Labute approximate surface area is 91.1 Å². The third-order valence-corrected chi connectivity index (χ3v) is 3.24. The molecule has 2 atom stereocenters. The molecular formula is C13H16N2. The van der Waals surface area contributed by atoms with Gasteiger partial charge in [-0.05, 0) is 32.0 Å². The van der Waals surface area contributed by atoms with Crippen LogP contribution in [0.4, 0.5) is 0 Å². The predicted octanol–water partition coefficient (Wildman–Crippen LogP) is 2.39. The third kappa shape index (κ3) is 2.03. The first-order valence-corrected chi connectivity index (χ1v) is 5.47. The highest BCUT2D eigenvalue weighted by Gasteiger charge is 2.29. The number of piperidine rings is 1. The molecule has 0 aromatic heterocycles. The Bertz CT molecular complexity index is 353. The first-order valence-electron chi connectivity index (χ1n) is 5.47. The van der Waals surface area contributed by atoms with Crippen molar-refractivity contribution in [3.05, 3.63) is 35.9 Å². The topological polar surface area (TPSA) is 27.0 Å². The van der Waals surface area contributed by atoms with Gasteiger partial charge >= 0.3 is 0 Å². The largest absolute Gasteiger partial charge is 0.291 e. The minimum Gasteiger partial charge on any atom is -0.291 e. The number of rotatable bonds is 1. The minimum atomic E-state index is 0.0427. The van der Waals surface area contributed by atoms with Gasteiger partial charge in [-0.3, -0.25) is 4.90 Å². The van der Waals surface area contributed by atoms with Crippen LogP contribution in [-0.4, -0.2) is 24.5 Å². The van der Waals surface area contributed by atoms with E-state index in [0.717, 1.165) is 13.0 Å². The molecule has 2 rings (SSSR count). The van der Waals surface area contributed by atoms with Crippen LogP contribution in [0.1, 0.15) is 24.3 Å². The van der Waals surface area contributed by atoms with Crippen LogP contribution in [0.3, 0.4) is 0 Å². The molecule has 0 spiro atoms. The average Bonchev–Trinajstić information content (AvgIpc) is 2.30. The molecule has 2 nitrogen and oxygen atoms in total. The van der Waals surface area contributed by atoms with Crippen molar-refractivity contribution in [1.82, 2.24) is 4.90 Å². The lowest BCUT2D eigenvalue weighted by Crippen LogP contribution is -2.40. The lowest BCUT2D eigenvalue weighted by Gasteiger charge is -2.35. The molecule has 1 saturated heterocycles. The van der Waals surface area contributed by atoms with Gasteiger partial charge in [0.25, 0.3) is 0 Å². The van der Waals surface area contributed by atoms with Crippen molar-refractivity contribution in [1.29, 1.82) is 5.26 Å². The van der Waals surface area contributed by atoms with Gasteiger partial charge < -0.3 is 0 Å². The molecule has 0 unspecified atom stereocenters. The molecule has 1 aromatic rings. The maximum absolute atomic E-state index is 9.20. The second-order valence-corrected chi connectivity index (χ2v) is 4.21. The van der Waals surface area contributed by atoms with Crippen molar-refractivity contribution in [2.24, 2.45) is 0 Å². The zero-order valence-corrected chi connectivity index (χ0v) is 9.06. The molecule has 15 heavy (non-hydrogen) atoms. The smallest absolute Gasteiger partial charge is 0.104 e. The molecule has 2 heteroatoms. The van der Waals surface area contributed by atoms with Gasteiger partial charge in [0, 0.05) is 5.92 Å². The number of likely N-dealkylation sites (tertiary alicyclic amines) is 1. The molecule has 1 heterocycles. The molecule has 0 bridgehead atoms. The minimum absolute atomic E-state index is 0.0427. The van der Waals surface area contributed by atoms with Crippen LogP contribution in [-0.2, 0) is 0 Å². The first kappa shape index (κ1) is 10.2. The fraction of sp³-hybridized carbons (Fsp3) is 0.462. The summed E-state index contributed by atoms with van der Waals surface area (Å²) in [5.74, 6) is 0.384. The Kier molecular flexibility index (Phi) is 3.03. The maximum Gasteiger partial charge on any atom is 0.104 e. The summed E-state index contributed by atoms with van der Waals surface area (Å²) in [6.07, 6.45) is 2.32. The summed E-state index contributed by atoms with van der Waals surface area (Å²) in [5, 5.41) is 9.20. The van der Waals surface area contributed by atoms with E-state index in [1.165, 1.54) is 12.0 Å². The van der Waals surface area contributed by atoms with Crippen molar-refractivity contribution in [3.63, 3.8) is 0 Å². The van der Waals surface area contributed by atoms with E-state index in [4.69, 9.17) is 0 Å². The second kappa shape index (κ2) is 4.46. The predicted molar refractivity (Wildman–Crippen MR) is 60.4 cm³/mol. The average molecular weight is 200 g/mol. The van der Waals surface area contributed by atoms with Crippen LogP contribution in [0.25, 0.3) is 0 Å². The Morgan fingerprint density at radius 1 is 1.33 bits per heavy atom. The van der Waals surface area contributed by atoms with E-state index in [9.17, 15) is 5.26 Å². The summed E-state index contributed by atoms with van der Waals surface area (Å²) in [6.45, 7) is 1.04. The Morgan fingerprint density at radius 2 is 2.07 bits per heavy atom. The molecule has 1 aliphatic heterocycles. The first-order chi connectivity index (χ1) is 7.33. The lowest BCUT2D eigenvalue weighted by atomic mass is 9.84. The fourth-order valence-corrected chi connectivity index (χ4v) is 2.40. The number of likely N-dealkylation sites (N-methyl/N-ethyl adjacent to an activating group) is 1. The summed E-state index contributed by atoms with van der Waals surface area (Å²) in [7, 11) is 2.04. The van der Waals surface area contributed by atoms with Crippen molar-refractivity contribution < 1.29 is 0 Å². The van der Waals surface area contributed by atoms with Crippen molar-refractivity contribution >= 4 is 0 Å². The lowest BCUT2D eigenvalue weighted by molar-refractivity contribution is 0.201. The van der Waals surface area contributed by atoms with Crippen LogP contribution in [0.2, 0.25) is 0 Å². The number of hydrogen-bond acceptors (Lipinski definition) is 2. The third-order valence-electron chi connectivity index (χ3n) is 3.24. The van der Waals surface area contributed by atoms with E-state index in [1.807, 2.05) is 13.1 Å². The van der Waals surface area contributed by atoms with E-state index in [0.29, 0.717) is 5.92 Å². The SMILES string of the molecule is CN1CCC[C@H](c2ccccc2)[C@@H]1C#N. The normalized spacial score (nSPS) is 27.2. The van der Waals surface area contributed by atoms with Gasteiger partial charge in [0.15, 0.2) is 0 Å². The number of nitriles is 1. The van der Waals surface area contributed by atoms with Gasteiger partial charge in [-0.25, -0.2) is 0 Å². The Balaban J connectivity index is 2.24. The summed E-state index contributed by atoms with van der Waals surface area (Å²) >= 11 is 0. The van der Waals surface area contributed by atoms with Gasteiger partial charge in [0.05, 0.1) is 6.07 Å². The zero-order chi connectivity index (χ0) is 10.7. The van der Waals surface area contributed by atoms with Gasteiger partial charge in [0.2, 0.25) is 0 Å².